The molecule has 0 aromatic heterocycles. The Morgan fingerprint density at radius 3 is 2.62 bits per heavy atom. The molecule has 1 fully saturated rings. The van der Waals surface area contributed by atoms with Crippen molar-refractivity contribution in [2.75, 3.05) is 19.7 Å². The minimum absolute atomic E-state index is 0.103. The first-order valence-electron chi connectivity index (χ1n) is 11.5. The lowest BCUT2D eigenvalue weighted by molar-refractivity contribution is -0.130. The number of carbonyl (C=O) groups is 1. The first kappa shape index (κ1) is 22.3. The Bertz CT molecular complexity index is 1040. The van der Waals surface area contributed by atoms with Crippen LogP contribution in [0.5, 0.6) is 11.5 Å². The average Bonchev–Trinajstić information content (AvgIpc) is 2.77. The van der Waals surface area contributed by atoms with E-state index >= 15 is 0 Å². The second-order valence-corrected chi connectivity index (χ2v) is 8.92. The van der Waals surface area contributed by atoms with Gasteiger partial charge in [0.1, 0.15) is 5.66 Å². The van der Waals surface area contributed by atoms with Gasteiger partial charge in [0.2, 0.25) is 5.91 Å². The summed E-state index contributed by atoms with van der Waals surface area (Å²) in [4.78, 5) is 19.0. The molecule has 1 spiro atoms. The number of piperidine rings is 1. The molecule has 1 atom stereocenters. The molecule has 0 saturated carbocycles. The van der Waals surface area contributed by atoms with Crippen molar-refractivity contribution < 1.29 is 14.6 Å². The van der Waals surface area contributed by atoms with Crippen LogP contribution in [0.4, 0.5) is 0 Å². The Kier molecular flexibility index (Phi) is 6.24. The molecule has 0 aliphatic carbocycles. The van der Waals surface area contributed by atoms with Crippen LogP contribution < -0.4 is 10.1 Å². The number of carbonyl (C=O) groups excluding carboxylic acids is 1. The van der Waals surface area contributed by atoms with Crippen LogP contribution in [-0.4, -0.2) is 47.0 Å². The second-order valence-electron chi connectivity index (χ2n) is 8.92. The summed E-state index contributed by atoms with van der Waals surface area (Å²) in [6.45, 7) is 9.60. The van der Waals surface area contributed by atoms with E-state index in [1.54, 1.807) is 13.0 Å². The number of hydrogen-bond donors (Lipinski definition) is 2. The van der Waals surface area contributed by atoms with Gasteiger partial charge >= 0.3 is 0 Å². The number of nitrogens with zero attached hydrogens (tertiary/aromatic N) is 2. The number of aliphatic imine (C=N–C) groups is 1. The van der Waals surface area contributed by atoms with Crippen molar-refractivity contribution in [1.29, 1.82) is 0 Å². The van der Waals surface area contributed by atoms with E-state index in [0.717, 1.165) is 29.7 Å². The van der Waals surface area contributed by atoms with E-state index in [1.807, 2.05) is 24.0 Å². The van der Waals surface area contributed by atoms with Crippen molar-refractivity contribution in [1.82, 2.24) is 10.2 Å². The standard InChI is InChI=1S/C26H33N3O3/c1-5-32-24-8-6-7-21(25(24)31)23-16-22(20-10-9-17(2)18(3)15-20)27-26(28-23)11-13-29(14-12-26)19(4)30/h6-10,15,23,28,31H,5,11-14,16H2,1-4H3. The number of nitrogens with one attached hydrogen (secondary N) is 1. The molecule has 0 radical (unpaired) electrons. The summed E-state index contributed by atoms with van der Waals surface area (Å²) in [5, 5.41) is 14.7. The molecule has 2 heterocycles. The molecular formula is C26H33N3O3. The number of para-hydroxylation sites is 1. The molecule has 6 nitrogen and oxygen atoms in total. The van der Waals surface area contributed by atoms with Gasteiger partial charge in [0, 0.05) is 56.6 Å². The summed E-state index contributed by atoms with van der Waals surface area (Å²) < 4.78 is 5.63. The quantitative estimate of drug-likeness (QED) is 0.752. The van der Waals surface area contributed by atoms with Crippen LogP contribution in [-0.2, 0) is 4.79 Å². The van der Waals surface area contributed by atoms with Crippen LogP contribution in [0.25, 0.3) is 0 Å². The van der Waals surface area contributed by atoms with Crippen LogP contribution in [0.2, 0.25) is 0 Å². The fourth-order valence-electron chi connectivity index (χ4n) is 4.74. The number of aromatic hydroxyl groups is 1. The topological polar surface area (TPSA) is 74.2 Å². The first-order chi connectivity index (χ1) is 15.3. The molecule has 1 unspecified atom stereocenters. The third-order valence-corrected chi connectivity index (χ3v) is 6.77. The maximum absolute atomic E-state index is 11.9. The van der Waals surface area contributed by atoms with Crippen molar-refractivity contribution in [3.63, 3.8) is 0 Å². The van der Waals surface area contributed by atoms with Crippen molar-refractivity contribution in [3.8, 4) is 11.5 Å². The van der Waals surface area contributed by atoms with E-state index in [0.29, 0.717) is 31.9 Å². The van der Waals surface area contributed by atoms with E-state index in [9.17, 15) is 9.90 Å². The van der Waals surface area contributed by atoms with Gasteiger partial charge in [0.25, 0.3) is 0 Å². The number of amides is 1. The van der Waals surface area contributed by atoms with E-state index < -0.39 is 5.66 Å². The summed E-state index contributed by atoms with van der Waals surface area (Å²) >= 11 is 0. The van der Waals surface area contributed by atoms with Gasteiger partial charge in [-0.05, 0) is 49.6 Å². The second kappa shape index (κ2) is 8.94. The Morgan fingerprint density at radius 2 is 1.97 bits per heavy atom. The Labute approximate surface area is 190 Å². The van der Waals surface area contributed by atoms with Gasteiger partial charge in [-0.25, -0.2) is 0 Å². The zero-order valence-electron chi connectivity index (χ0n) is 19.4. The number of likely N-dealkylation sites (tertiary alicyclic amines) is 1. The molecule has 1 saturated heterocycles. The highest BCUT2D eigenvalue weighted by molar-refractivity contribution is 6.02. The Hall–Kier alpha value is -2.86. The minimum atomic E-state index is -0.461. The van der Waals surface area contributed by atoms with Crippen LogP contribution in [0.1, 0.15) is 61.4 Å². The molecule has 170 valence electrons. The van der Waals surface area contributed by atoms with Crippen LogP contribution in [0, 0.1) is 13.8 Å². The number of hydrogen-bond acceptors (Lipinski definition) is 5. The average molecular weight is 436 g/mol. The fourth-order valence-corrected chi connectivity index (χ4v) is 4.74. The summed E-state index contributed by atoms with van der Waals surface area (Å²) in [5.41, 5.74) is 5.01. The van der Waals surface area contributed by atoms with Gasteiger partial charge in [-0.1, -0.05) is 24.3 Å². The van der Waals surface area contributed by atoms with Crippen LogP contribution >= 0.6 is 0 Å². The number of phenols is 1. The molecule has 2 aliphatic rings. The van der Waals surface area contributed by atoms with Gasteiger partial charge in [-0.3, -0.25) is 15.1 Å². The zero-order chi connectivity index (χ0) is 22.9. The first-order valence-corrected chi connectivity index (χ1v) is 11.5. The largest absolute Gasteiger partial charge is 0.504 e. The molecule has 1 amide bonds. The lowest BCUT2D eigenvalue weighted by atomic mass is 9.87. The Morgan fingerprint density at radius 1 is 1.22 bits per heavy atom. The number of ether oxygens (including phenoxy) is 1. The van der Waals surface area contributed by atoms with Gasteiger partial charge in [0.15, 0.2) is 11.5 Å². The molecule has 2 N–H and O–H groups in total. The third-order valence-electron chi connectivity index (χ3n) is 6.77. The normalized spacial score (nSPS) is 20.2. The number of aryl methyl sites for hydroxylation is 2. The van der Waals surface area contributed by atoms with Crippen molar-refractivity contribution in [2.24, 2.45) is 4.99 Å². The molecular weight excluding hydrogens is 402 g/mol. The maximum atomic E-state index is 11.9. The fraction of sp³-hybridized carbons (Fsp3) is 0.462. The highest BCUT2D eigenvalue weighted by Gasteiger charge is 2.41. The third kappa shape index (κ3) is 4.37. The number of phenolic OH excluding ortho intramolecular Hbond substituents is 1. The van der Waals surface area contributed by atoms with E-state index in [2.05, 4.69) is 37.4 Å². The van der Waals surface area contributed by atoms with Crippen LogP contribution in [0.3, 0.4) is 0 Å². The summed E-state index contributed by atoms with van der Waals surface area (Å²) in [5.74, 6) is 0.791. The minimum Gasteiger partial charge on any atom is -0.504 e. The molecule has 4 rings (SSSR count). The van der Waals surface area contributed by atoms with Crippen LogP contribution in [0.15, 0.2) is 41.4 Å². The highest BCUT2D eigenvalue weighted by atomic mass is 16.5. The van der Waals surface area contributed by atoms with E-state index in [1.165, 1.54) is 11.1 Å². The predicted octanol–water partition coefficient (Wildman–Crippen LogP) is 4.27. The zero-order valence-corrected chi connectivity index (χ0v) is 19.4. The van der Waals surface area contributed by atoms with Gasteiger partial charge < -0.3 is 14.7 Å². The molecule has 2 aromatic carbocycles. The van der Waals surface area contributed by atoms with Crippen molar-refractivity contribution in [3.05, 3.63) is 58.7 Å². The van der Waals surface area contributed by atoms with Crippen molar-refractivity contribution in [2.45, 2.75) is 58.7 Å². The van der Waals surface area contributed by atoms with Gasteiger partial charge in [0.05, 0.1) is 6.61 Å². The van der Waals surface area contributed by atoms with E-state index in [4.69, 9.17) is 9.73 Å². The predicted molar refractivity (Wildman–Crippen MR) is 126 cm³/mol. The number of rotatable bonds is 4. The van der Waals surface area contributed by atoms with Gasteiger partial charge in [-0.2, -0.15) is 0 Å². The van der Waals surface area contributed by atoms with Gasteiger partial charge in [-0.15, -0.1) is 0 Å². The molecule has 6 heteroatoms. The molecule has 2 aromatic rings. The monoisotopic (exact) mass is 435 g/mol. The van der Waals surface area contributed by atoms with E-state index in [-0.39, 0.29) is 17.7 Å². The highest BCUT2D eigenvalue weighted by Crippen LogP contribution is 2.40. The smallest absolute Gasteiger partial charge is 0.219 e. The summed E-state index contributed by atoms with van der Waals surface area (Å²) in [7, 11) is 0. The summed E-state index contributed by atoms with van der Waals surface area (Å²) in [6, 6.07) is 12.1. The SMILES string of the molecule is CCOc1cccc(C2CC(c3ccc(C)c(C)c3)=NC3(CCN(C(C)=O)CC3)N2)c1O. The molecule has 0 bridgehead atoms. The number of benzene rings is 2. The van der Waals surface area contributed by atoms with Crippen molar-refractivity contribution >= 4 is 11.6 Å². The lowest BCUT2D eigenvalue weighted by Gasteiger charge is -2.45. The molecule has 2 aliphatic heterocycles. The molecule has 32 heavy (non-hydrogen) atoms. The summed E-state index contributed by atoms with van der Waals surface area (Å²) in [6.07, 6.45) is 2.15. The Balaban J connectivity index is 1.73. The lowest BCUT2D eigenvalue weighted by Crippen LogP contribution is -2.56. The maximum Gasteiger partial charge on any atom is 0.219 e.